The predicted octanol–water partition coefficient (Wildman–Crippen LogP) is 3.80. The number of rotatable bonds is 5. The Hall–Kier alpha value is -1.75. The van der Waals surface area contributed by atoms with Crippen LogP contribution in [-0.2, 0) is 0 Å². The van der Waals surface area contributed by atoms with Crippen molar-refractivity contribution in [3.05, 3.63) is 35.5 Å². The first kappa shape index (κ1) is 15.2. The van der Waals surface area contributed by atoms with Crippen molar-refractivity contribution in [2.75, 3.05) is 13.1 Å². The molecule has 1 fully saturated rings. The molecular weight excluding hydrogens is 286 g/mol. The number of benzene rings is 1. The quantitative estimate of drug-likeness (QED) is 0.825. The summed E-state index contributed by atoms with van der Waals surface area (Å²) in [6.07, 6.45) is 4.82. The number of unbranched alkanes of at least 4 members (excludes halogenated alkanes) is 1. The second kappa shape index (κ2) is 5.80. The van der Waals surface area contributed by atoms with Gasteiger partial charge in [0, 0.05) is 23.5 Å². The maximum atomic E-state index is 14.4. The van der Waals surface area contributed by atoms with Crippen LogP contribution in [-0.4, -0.2) is 23.9 Å². The van der Waals surface area contributed by atoms with E-state index < -0.39 is 17.0 Å². The van der Waals surface area contributed by atoms with E-state index in [1.54, 1.807) is 12.3 Å². The standard InChI is InChI=1S/C17H20F2N2O/c1-2-3-5-17(6-8-20-10-17)16(22)12-9-11-4-7-21-15(11)14(19)13(12)18/h4,7,9,20-21H,2-3,5-6,8,10H2,1H3/t17-/m1/s1. The van der Waals surface area contributed by atoms with Crippen molar-refractivity contribution in [1.29, 1.82) is 0 Å². The number of hydrogen-bond acceptors (Lipinski definition) is 2. The Labute approximate surface area is 128 Å². The van der Waals surface area contributed by atoms with Gasteiger partial charge in [-0.05, 0) is 31.5 Å². The fraction of sp³-hybridized carbons (Fsp3) is 0.471. The number of Topliss-reactive ketones (excluding diaryl/α,β-unsaturated/α-hetero) is 1. The minimum atomic E-state index is -1.04. The van der Waals surface area contributed by atoms with E-state index in [0.717, 1.165) is 19.4 Å². The molecule has 1 aromatic heterocycles. The monoisotopic (exact) mass is 306 g/mol. The van der Waals surface area contributed by atoms with Crippen LogP contribution >= 0.6 is 0 Å². The molecule has 2 N–H and O–H groups in total. The summed E-state index contributed by atoms with van der Waals surface area (Å²) in [6.45, 7) is 3.34. The van der Waals surface area contributed by atoms with Crippen LogP contribution in [0.3, 0.4) is 0 Å². The van der Waals surface area contributed by atoms with Crippen molar-refractivity contribution in [2.45, 2.75) is 32.6 Å². The molecule has 0 amide bonds. The van der Waals surface area contributed by atoms with Gasteiger partial charge >= 0.3 is 0 Å². The molecular formula is C17H20F2N2O. The number of nitrogens with one attached hydrogen (secondary N) is 2. The Bertz CT molecular complexity index is 702. The smallest absolute Gasteiger partial charge is 0.183 e. The normalized spacial score (nSPS) is 21.6. The third-order valence-electron chi connectivity index (χ3n) is 4.71. The Morgan fingerprint density at radius 1 is 1.36 bits per heavy atom. The molecule has 1 aliphatic heterocycles. The van der Waals surface area contributed by atoms with Crippen LogP contribution in [0.2, 0.25) is 0 Å². The van der Waals surface area contributed by atoms with Crippen LogP contribution in [0.5, 0.6) is 0 Å². The van der Waals surface area contributed by atoms with E-state index in [1.807, 2.05) is 0 Å². The highest BCUT2D eigenvalue weighted by Crippen LogP contribution is 2.37. The van der Waals surface area contributed by atoms with Gasteiger partial charge in [0.05, 0.1) is 11.1 Å². The molecule has 0 bridgehead atoms. The number of carbonyl (C=O) groups is 1. The zero-order chi connectivity index (χ0) is 15.7. The van der Waals surface area contributed by atoms with Crippen LogP contribution in [0.15, 0.2) is 18.3 Å². The van der Waals surface area contributed by atoms with Gasteiger partial charge < -0.3 is 10.3 Å². The van der Waals surface area contributed by atoms with E-state index in [-0.39, 0.29) is 16.9 Å². The third kappa shape index (κ3) is 2.33. The van der Waals surface area contributed by atoms with Crippen LogP contribution in [0.1, 0.15) is 43.0 Å². The first-order valence-electron chi connectivity index (χ1n) is 7.79. The molecule has 0 radical (unpaired) electrons. The van der Waals surface area contributed by atoms with Gasteiger partial charge in [-0.3, -0.25) is 4.79 Å². The fourth-order valence-corrected chi connectivity index (χ4v) is 3.37. The average Bonchev–Trinajstić information content (AvgIpc) is 3.18. The maximum absolute atomic E-state index is 14.4. The topological polar surface area (TPSA) is 44.9 Å². The van der Waals surface area contributed by atoms with Gasteiger partial charge in [-0.2, -0.15) is 0 Å². The van der Waals surface area contributed by atoms with Crippen LogP contribution in [0.4, 0.5) is 8.78 Å². The molecule has 22 heavy (non-hydrogen) atoms. The molecule has 3 nitrogen and oxygen atoms in total. The highest BCUT2D eigenvalue weighted by atomic mass is 19.2. The minimum absolute atomic E-state index is 0.112. The van der Waals surface area contributed by atoms with Gasteiger partial charge in [0.1, 0.15) is 0 Å². The van der Waals surface area contributed by atoms with E-state index in [9.17, 15) is 13.6 Å². The lowest BCUT2D eigenvalue weighted by Crippen LogP contribution is -2.34. The number of hydrogen-bond donors (Lipinski definition) is 2. The van der Waals surface area contributed by atoms with E-state index >= 15 is 0 Å². The predicted molar refractivity (Wildman–Crippen MR) is 82.0 cm³/mol. The molecule has 1 aromatic carbocycles. The van der Waals surface area contributed by atoms with Crippen molar-refractivity contribution >= 4 is 16.7 Å². The van der Waals surface area contributed by atoms with Crippen LogP contribution in [0.25, 0.3) is 10.9 Å². The lowest BCUT2D eigenvalue weighted by atomic mass is 9.75. The third-order valence-corrected chi connectivity index (χ3v) is 4.71. The lowest BCUT2D eigenvalue weighted by molar-refractivity contribution is 0.0794. The number of carbonyl (C=O) groups excluding carboxylic acids is 1. The summed E-state index contributed by atoms with van der Waals surface area (Å²) < 4.78 is 28.5. The van der Waals surface area contributed by atoms with E-state index in [0.29, 0.717) is 24.8 Å². The number of ketones is 1. The summed E-state index contributed by atoms with van der Waals surface area (Å²) in [7, 11) is 0. The van der Waals surface area contributed by atoms with Crippen LogP contribution < -0.4 is 5.32 Å². The molecule has 1 aliphatic rings. The maximum Gasteiger partial charge on any atom is 0.183 e. The molecule has 2 aromatic rings. The molecule has 0 aliphatic carbocycles. The summed E-state index contributed by atoms with van der Waals surface area (Å²) in [5, 5.41) is 3.72. The van der Waals surface area contributed by atoms with Crippen molar-refractivity contribution in [3.63, 3.8) is 0 Å². The first-order chi connectivity index (χ1) is 10.6. The number of halogens is 2. The van der Waals surface area contributed by atoms with Crippen molar-refractivity contribution < 1.29 is 13.6 Å². The van der Waals surface area contributed by atoms with Crippen LogP contribution in [0, 0.1) is 17.0 Å². The number of aromatic amines is 1. The Balaban J connectivity index is 2.05. The SMILES string of the molecule is CCCC[C@@]1(C(=O)c2cc3cc[nH]c3c(F)c2F)CCNC1. The highest BCUT2D eigenvalue weighted by molar-refractivity contribution is 6.03. The van der Waals surface area contributed by atoms with E-state index in [4.69, 9.17) is 0 Å². The van der Waals surface area contributed by atoms with Gasteiger partial charge in [-0.15, -0.1) is 0 Å². The zero-order valence-corrected chi connectivity index (χ0v) is 12.6. The van der Waals surface area contributed by atoms with E-state index in [1.165, 1.54) is 6.07 Å². The number of fused-ring (bicyclic) bond motifs is 1. The first-order valence-corrected chi connectivity index (χ1v) is 7.79. The van der Waals surface area contributed by atoms with Gasteiger partial charge in [-0.1, -0.05) is 19.8 Å². The summed E-state index contributed by atoms with van der Waals surface area (Å²) in [6, 6.07) is 3.12. The molecule has 0 spiro atoms. The van der Waals surface area contributed by atoms with Crippen molar-refractivity contribution in [1.82, 2.24) is 10.3 Å². The highest BCUT2D eigenvalue weighted by Gasteiger charge is 2.42. The summed E-state index contributed by atoms with van der Waals surface area (Å²) in [5.74, 6) is -2.28. The molecule has 1 saturated heterocycles. The average molecular weight is 306 g/mol. The fourth-order valence-electron chi connectivity index (χ4n) is 3.37. The van der Waals surface area contributed by atoms with Gasteiger partial charge in [-0.25, -0.2) is 8.78 Å². The molecule has 5 heteroatoms. The van der Waals surface area contributed by atoms with Gasteiger partial charge in [0.25, 0.3) is 0 Å². The molecule has 0 saturated carbocycles. The summed E-state index contributed by atoms with van der Waals surface area (Å²) in [5.41, 5.74) is -0.613. The van der Waals surface area contributed by atoms with E-state index in [2.05, 4.69) is 17.2 Å². The second-order valence-electron chi connectivity index (χ2n) is 6.13. The zero-order valence-electron chi connectivity index (χ0n) is 12.6. The molecule has 3 rings (SSSR count). The Morgan fingerprint density at radius 3 is 2.86 bits per heavy atom. The van der Waals surface area contributed by atoms with Crippen molar-refractivity contribution in [3.8, 4) is 0 Å². The van der Waals surface area contributed by atoms with Crippen molar-refractivity contribution in [2.24, 2.45) is 5.41 Å². The minimum Gasteiger partial charge on any atom is -0.359 e. The Morgan fingerprint density at radius 2 is 2.18 bits per heavy atom. The number of H-pyrrole nitrogens is 1. The summed E-state index contributed by atoms with van der Waals surface area (Å²) in [4.78, 5) is 15.6. The molecule has 118 valence electrons. The molecule has 1 atom stereocenters. The van der Waals surface area contributed by atoms with Gasteiger partial charge in [0.2, 0.25) is 0 Å². The number of aromatic nitrogens is 1. The second-order valence-corrected chi connectivity index (χ2v) is 6.13. The molecule has 0 unspecified atom stereocenters. The Kier molecular flexibility index (Phi) is 4.00. The largest absolute Gasteiger partial charge is 0.359 e. The molecule has 2 heterocycles. The van der Waals surface area contributed by atoms with Gasteiger partial charge in [0.15, 0.2) is 17.4 Å². The summed E-state index contributed by atoms with van der Waals surface area (Å²) >= 11 is 0. The lowest BCUT2D eigenvalue weighted by Gasteiger charge is -2.27.